The van der Waals surface area contributed by atoms with E-state index in [4.69, 9.17) is 9.47 Å². The third kappa shape index (κ3) is 4.03. The van der Waals surface area contributed by atoms with Gasteiger partial charge in [-0.1, -0.05) is 18.2 Å². The van der Waals surface area contributed by atoms with Crippen LogP contribution in [0.3, 0.4) is 0 Å². The third-order valence-corrected chi connectivity index (χ3v) is 5.79. The molecule has 0 atom stereocenters. The predicted molar refractivity (Wildman–Crippen MR) is 118 cm³/mol. The summed E-state index contributed by atoms with van der Waals surface area (Å²) in [4.78, 5) is 24.2. The molecule has 0 radical (unpaired) electrons. The van der Waals surface area contributed by atoms with Gasteiger partial charge < -0.3 is 9.47 Å². The van der Waals surface area contributed by atoms with Crippen molar-refractivity contribution in [2.75, 3.05) is 19.1 Å². The van der Waals surface area contributed by atoms with Crippen LogP contribution in [0.2, 0.25) is 0 Å². The molecule has 4 rings (SSSR count). The number of hydrogen-bond acceptors (Lipinski definition) is 7. The number of rotatable bonds is 5. The van der Waals surface area contributed by atoms with E-state index in [1.807, 2.05) is 53.9 Å². The maximum Gasteiger partial charge on any atom is 0.271 e. The quantitative estimate of drug-likeness (QED) is 0.542. The number of nitrogens with zero attached hydrogens (tertiary/aromatic N) is 3. The van der Waals surface area contributed by atoms with Crippen LogP contribution in [0, 0.1) is 0 Å². The van der Waals surface area contributed by atoms with Crippen molar-refractivity contribution in [2.45, 2.75) is 0 Å². The molecule has 3 aromatic rings. The van der Waals surface area contributed by atoms with Gasteiger partial charge in [-0.3, -0.25) is 9.69 Å². The smallest absolute Gasteiger partial charge is 0.271 e. The first-order valence-corrected chi connectivity index (χ1v) is 10.4. The standard InChI is InChI=1S/C21H17N3O3S2/c1-26-16-9-8-14(17(13-16)27-2)12-18-19(25)24(15-6-4-3-5-7-15)21(29-18)23-20-22-10-11-28-20/h3-13H,1-2H3/b18-12-,23-21+. The minimum atomic E-state index is -0.144. The maximum atomic E-state index is 13.2. The summed E-state index contributed by atoms with van der Waals surface area (Å²) >= 11 is 2.73. The van der Waals surface area contributed by atoms with Gasteiger partial charge in [-0.25, -0.2) is 4.98 Å². The Morgan fingerprint density at radius 1 is 1.10 bits per heavy atom. The number of thioether (sulfide) groups is 1. The van der Waals surface area contributed by atoms with Crippen LogP contribution in [-0.4, -0.2) is 30.3 Å². The van der Waals surface area contributed by atoms with Crippen molar-refractivity contribution >= 4 is 51.1 Å². The second-order valence-corrected chi connectivity index (χ2v) is 7.79. The molecule has 0 spiro atoms. The number of amides is 1. The Kier molecular flexibility index (Phi) is 5.64. The fraction of sp³-hybridized carbons (Fsp3) is 0.0952. The van der Waals surface area contributed by atoms with Crippen LogP contribution >= 0.6 is 23.1 Å². The summed E-state index contributed by atoms with van der Waals surface area (Å²) in [5.74, 6) is 1.17. The van der Waals surface area contributed by atoms with Crippen LogP contribution < -0.4 is 14.4 Å². The molecule has 0 aliphatic carbocycles. The molecule has 6 nitrogen and oxygen atoms in total. The molecule has 29 heavy (non-hydrogen) atoms. The number of benzene rings is 2. The first-order valence-electron chi connectivity index (χ1n) is 8.69. The lowest BCUT2D eigenvalue weighted by molar-refractivity contribution is -0.113. The lowest BCUT2D eigenvalue weighted by Crippen LogP contribution is -2.28. The zero-order valence-corrected chi connectivity index (χ0v) is 17.4. The fourth-order valence-corrected chi connectivity index (χ4v) is 4.32. The van der Waals surface area contributed by atoms with Crippen LogP contribution in [0.1, 0.15) is 5.56 Å². The number of aromatic nitrogens is 1. The van der Waals surface area contributed by atoms with E-state index in [1.165, 1.54) is 23.1 Å². The van der Waals surface area contributed by atoms with Gasteiger partial charge in [0.2, 0.25) is 5.13 Å². The molecule has 1 fully saturated rings. The number of anilines is 1. The Hall–Kier alpha value is -3.10. The summed E-state index contributed by atoms with van der Waals surface area (Å²) < 4.78 is 10.7. The molecular formula is C21H17N3O3S2. The third-order valence-electron chi connectivity index (χ3n) is 4.16. The largest absolute Gasteiger partial charge is 0.497 e. The molecule has 1 amide bonds. The molecule has 0 unspecified atom stereocenters. The summed E-state index contributed by atoms with van der Waals surface area (Å²) in [6.45, 7) is 0. The average molecular weight is 424 g/mol. The number of aliphatic imine (C=N–C) groups is 1. The molecule has 146 valence electrons. The van der Waals surface area contributed by atoms with Crippen molar-refractivity contribution in [3.63, 3.8) is 0 Å². The van der Waals surface area contributed by atoms with Crippen molar-refractivity contribution in [3.8, 4) is 11.5 Å². The Bertz CT molecular complexity index is 1080. The number of carbonyl (C=O) groups is 1. The van der Waals surface area contributed by atoms with E-state index in [0.29, 0.717) is 26.7 Å². The first kappa shape index (κ1) is 19.2. The first-order chi connectivity index (χ1) is 14.2. The molecule has 8 heteroatoms. The van der Waals surface area contributed by atoms with Gasteiger partial charge in [0.15, 0.2) is 5.17 Å². The van der Waals surface area contributed by atoms with E-state index < -0.39 is 0 Å². The molecule has 2 heterocycles. The van der Waals surface area contributed by atoms with Crippen LogP contribution in [-0.2, 0) is 4.79 Å². The van der Waals surface area contributed by atoms with Crippen LogP contribution in [0.4, 0.5) is 10.8 Å². The highest BCUT2D eigenvalue weighted by Gasteiger charge is 2.35. The Morgan fingerprint density at radius 3 is 2.62 bits per heavy atom. The number of ether oxygens (including phenoxy) is 2. The van der Waals surface area contributed by atoms with E-state index in [0.717, 1.165) is 11.3 Å². The van der Waals surface area contributed by atoms with Gasteiger partial charge in [0.25, 0.3) is 5.91 Å². The average Bonchev–Trinajstić information content (AvgIpc) is 3.37. The molecular weight excluding hydrogens is 406 g/mol. The zero-order chi connectivity index (χ0) is 20.2. The molecule has 1 aliphatic rings. The predicted octanol–water partition coefficient (Wildman–Crippen LogP) is 4.97. The number of methoxy groups -OCH3 is 2. The molecule has 2 aromatic carbocycles. The number of para-hydroxylation sites is 1. The van der Waals surface area contributed by atoms with Crippen LogP contribution in [0.15, 0.2) is 70.0 Å². The molecule has 1 aromatic heterocycles. The zero-order valence-electron chi connectivity index (χ0n) is 15.7. The Labute approximate surface area is 176 Å². The summed E-state index contributed by atoms with van der Waals surface area (Å²) in [5, 5.41) is 3.02. The minimum Gasteiger partial charge on any atom is -0.497 e. The SMILES string of the molecule is COc1ccc(/C=C2\S/C(=N/c3nccs3)N(c3ccccc3)C2=O)c(OC)c1. The molecule has 1 aliphatic heterocycles. The Morgan fingerprint density at radius 2 is 1.93 bits per heavy atom. The second kappa shape index (κ2) is 8.50. The summed E-state index contributed by atoms with van der Waals surface area (Å²) in [7, 11) is 3.19. The van der Waals surface area contributed by atoms with E-state index in [-0.39, 0.29) is 5.91 Å². The fourth-order valence-electron chi connectivity index (χ4n) is 2.79. The van der Waals surface area contributed by atoms with Gasteiger partial charge in [-0.2, -0.15) is 4.99 Å². The van der Waals surface area contributed by atoms with Crippen molar-refractivity contribution in [1.82, 2.24) is 4.98 Å². The van der Waals surface area contributed by atoms with Crippen LogP contribution in [0.25, 0.3) is 6.08 Å². The van der Waals surface area contributed by atoms with Crippen molar-refractivity contribution in [2.24, 2.45) is 4.99 Å². The monoisotopic (exact) mass is 423 g/mol. The van der Waals surface area contributed by atoms with Crippen molar-refractivity contribution < 1.29 is 14.3 Å². The van der Waals surface area contributed by atoms with Gasteiger partial charge in [0.1, 0.15) is 11.5 Å². The highest BCUT2D eigenvalue weighted by molar-refractivity contribution is 8.19. The van der Waals surface area contributed by atoms with Gasteiger partial charge in [-0.05, 0) is 42.1 Å². The molecule has 0 bridgehead atoms. The topological polar surface area (TPSA) is 64.0 Å². The van der Waals surface area contributed by atoms with Gasteiger partial charge >= 0.3 is 0 Å². The van der Waals surface area contributed by atoms with E-state index in [9.17, 15) is 4.79 Å². The summed E-state index contributed by atoms with van der Waals surface area (Å²) in [6.07, 6.45) is 3.50. The van der Waals surface area contributed by atoms with Crippen molar-refractivity contribution in [1.29, 1.82) is 0 Å². The summed E-state index contributed by atoms with van der Waals surface area (Å²) in [6, 6.07) is 14.9. The molecule has 0 N–H and O–H groups in total. The molecule has 0 saturated carbocycles. The summed E-state index contributed by atoms with van der Waals surface area (Å²) in [5.41, 5.74) is 1.54. The number of thiazole rings is 1. The number of carbonyl (C=O) groups excluding carboxylic acids is 1. The Balaban J connectivity index is 1.76. The van der Waals surface area contributed by atoms with Crippen LogP contribution in [0.5, 0.6) is 11.5 Å². The number of hydrogen-bond donors (Lipinski definition) is 0. The molecule has 1 saturated heterocycles. The minimum absolute atomic E-state index is 0.144. The van der Waals surface area contributed by atoms with Gasteiger partial charge in [0, 0.05) is 23.2 Å². The van der Waals surface area contributed by atoms with E-state index in [2.05, 4.69) is 9.98 Å². The lowest BCUT2D eigenvalue weighted by atomic mass is 10.1. The van der Waals surface area contributed by atoms with Gasteiger partial charge in [0.05, 0.1) is 24.8 Å². The van der Waals surface area contributed by atoms with Crippen molar-refractivity contribution in [3.05, 3.63) is 70.6 Å². The highest BCUT2D eigenvalue weighted by Crippen LogP contribution is 2.38. The maximum absolute atomic E-state index is 13.2. The van der Waals surface area contributed by atoms with E-state index in [1.54, 1.807) is 31.4 Å². The second-order valence-electron chi connectivity index (χ2n) is 5.90. The highest BCUT2D eigenvalue weighted by atomic mass is 32.2. The lowest BCUT2D eigenvalue weighted by Gasteiger charge is -2.14. The normalized spacial score (nSPS) is 16.6. The van der Waals surface area contributed by atoms with E-state index >= 15 is 0 Å². The number of amidine groups is 1. The van der Waals surface area contributed by atoms with Gasteiger partial charge in [-0.15, -0.1) is 11.3 Å².